The van der Waals surface area contributed by atoms with Crippen LogP contribution in [0.4, 0.5) is 4.79 Å². The van der Waals surface area contributed by atoms with E-state index in [1.807, 2.05) is 0 Å². The van der Waals surface area contributed by atoms with Gasteiger partial charge in [0.2, 0.25) is 0 Å². The second kappa shape index (κ2) is 3.96. The van der Waals surface area contributed by atoms with E-state index in [1.165, 1.54) is 4.90 Å². The predicted octanol–water partition coefficient (Wildman–Crippen LogP) is 1.86. The molecule has 0 aromatic heterocycles. The number of aliphatic carboxylic acids is 1. The van der Waals surface area contributed by atoms with Crippen LogP contribution in [-0.2, 0) is 9.53 Å². The zero-order valence-electron chi connectivity index (χ0n) is 10.2. The highest BCUT2D eigenvalue weighted by molar-refractivity contribution is 5.84. The number of ether oxygens (including phenoxy) is 1. The number of carbonyl (C=O) groups excluding carboxylic acids is 1. The molecule has 0 radical (unpaired) electrons. The molecule has 1 unspecified atom stereocenters. The second-order valence-corrected chi connectivity index (χ2v) is 5.31. The van der Waals surface area contributed by atoms with Gasteiger partial charge in [0.25, 0.3) is 0 Å². The average Bonchev–Trinajstić information content (AvgIpc) is 2.45. The zero-order chi connectivity index (χ0) is 12.6. The number of likely N-dealkylation sites (tertiary alicyclic amines) is 1. The third-order valence-electron chi connectivity index (χ3n) is 2.72. The highest BCUT2D eigenvalue weighted by Crippen LogP contribution is 2.30. The Morgan fingerprint density at radius 3 is 2.38 bits per heavy atom. The maximum absolute atomic E-state index is 11.8. The zero-order valence-corrected chi connectivity index (χ0v) is 10.2. The summed E-state index contributed by atoms with van der Waals surface area (Å²) in [7, 11) is 0. The van der Waals surface area contributed by atoms with E-state index in [4.69, 9.17) is 9.84 Å². The van der Waals surface area contributed by atoms with Crippen molar-refractivity contribution in [3.05, 3.63) is 0 Å². The van der Waals surface area contributed by atoms with Crippen LogP contribution in [0.25, 0.3) is 0 Å². The summed E-state index contributed by atoms with van der Waals surface area (Å²) < 4.78 is 5.19. The van der Waals surface area contributed by atoms with Crippen molar-refractivity contribution in [3.63, 3.8) is 0 Å². The van der Waals surface area contributed by atoms with Crippen molar-refractivity contribution in [1.29, 1.82) is 0 Å². The first-order valence-corrected chi connectivity index (χ1v) is 5.41. The van der Waals surface area contributed by atoms with E-state index in [0.717, 1.165) is 0 Å². The molecule has 0 aromatic rings. The molecule has 1 fully saturated rings. The van der Waals surface area contributed by atoms with Crippen LogP contribution in [0.3, 0.4) is 0 Å². The lowest BCUT2D eigenvalue weighted by Crippen LogP contribution is -2.52. The molecule has 0 aliphatic carbocycles. The van der Waals surface area contributed by atoms with Gasteiger partial charge in [0.15, 0.2) is 0 Å². The molecule has 16 heavy (non-hydrogen) atoms. The summed E-state index contributed by atoms with van der Waals surface area (Å²) in [5.74, 6) is -0.976. The van der Waals surface area contributed by atoms with Gasteiger partial charge >= 0.3 is 12.1 Å². The predicted molar refractivity (Wildman–Crippen MR) is 58.2 cm³/mol. The number of rotatable bonds is 1. The number of carboxylic acid groups (broad SMARTS) is 1. The van der Waals surface area contributed by atoms with Crippen molar-refractivity contribution in [1.82, 2.24) is 4.90 Å². The van der Waals surface area contributed by atoms with Crippen LogP contribution in [0.15, 0.2) is 0 Å². The molecule has 1 atom stereocenters. The Balaban J connectivity index is 2.80. The largest absolute Gasteiger partial charge is 0.480 e. The average molecular weight is 229 g/mol. The first-order valence-electron chi connectivity index (χ1n) is 5.41. The number of hydrogen-bond acceptors (Lipinski definition) is 3. The third-order valence-corrected chi connectivity index (χ3v) is 2.72. The van der Waals surface area contributed by atoms with Gasteiger partial charge in [-0.25, -0.2) is 9.59 Å². The van der Waals surface area contributed by atoms with Crippen LogP contribution in [0, 0.1) is 0 Å². The molecule has 0 saturated carbocycles. The summed E-state index contributed by atoms with van der Waals surface area (Å²) in [6.45, 7) is 7.29. The Kier molecular flexibility index (Phi) is 3.17. The van der Waals surface area contributed by atoms with Crippen molar-refractivity contribution >= 4 is 12.1 Å². The lowest BCUT2D eigenvalue weighted by molar-refractivity contribution is -0.148. The van der Waals surface area contributed by atoms with Crippen molar-refractivity contribution in [2.75, 3.05) is 6.54 Å². The van der Waals surface area contributed by atoms with Crippen LogP contribution in [0.1, 0.15) is 40.5 Å². The van der Waals surface area contributed by atoms with Crippen molar-refractivity contribution < 1.29 is 19.4 Å². The van der Waals surface area contributed by atoms with E-state index in [0.29, 0.717) is 19.4 Å². The van der Waals surface area contributed by atoms with Gasteiger partial charge in [0.1, 0.15) is 11.1 Å². The number of hydrogen-bond donors (Lipinski definition) is 1. The van der Waals surface area contributed by atoms with Gasteiger partial charge in [0, 0.05) is 6.54 Å². The molecular weight excluding hydrogens is 210 g/mol. The minimum absolute atomic E-state index is 0.442. The van der Waals surface area contributed by atoms with Gasteiger partial charge in [0.05, 0.1) is 0 Å². The highest BCUT2D eigenvalue weighted by Gasteiger charge is 2.47. The van der Waals surface area contributed by atoms with Crippen LogP contribution in [0.2, 0.25) is 0 Å². The van der Waals surface area contributed by atoms with Crippen molar-refractivity contribution in [2.45, 2.75) is 51.7 Å². The van der Waals surface area contributed by atoms with Crippen LogP contribution in [-0.4, -0.2) is 39.8 Å². The Morgan fingerprint density at radius 1 is 1.38 bits per heavy atom. The number of carbonyl (C=O) groups is 2. The first kappa shape index (κ1) is 12.8. The van der Waals surface area contributed by atoms with Crippen LogP contribution >= 0.6 is 0 Å². The molecule has 5 heteroatoms. The Hall–Kier alpha value is -1.26. The van der Waals surface area contributed by atoms with Gasteiger partial charge in [-0.05, 0) is 40.5 Å². The fourth-order valence-corrected chi connectivity index (χ4v) is 1.80. The summed E-state index contributed by atoms with van der Waals surface area (Å²) in [6, 6.07) is 0. The molecule has 1 rings (SSSR count). The molecule has 0 aromatic carbocycles. The van der Waals surface area contributed by atoms with E-state index in [9.17, 15) is 9.59 Å². The maximum atomic E-state index is 11.8. The Morgan fingerprint density at radius 2 is 1.94 bits per heavy atom. The lowest BCUT2D eigenvalue weighted by Gasteiger charge is -2.32. The van der Waals surface area contributed by atoms with Crippen LogP contribution in [0.5, 0.6) is 0 Å². The summed E-state index contributed by atoms with van der Waals surface area (Å²) in [4.78, 5) is 24.3. The fraction of sp³-hybridized carbons (Fsp3) is 0.818. The number of carboxylic acids is 1. The summed E-state index contributed by atoms with van der Waals surface area (Å²) in [6.07, 6.45) is 0.624. The van der Waals surface area contributed by atoms with E-state index in [1.54, 1.807) is 27.7 Å². The first-order chi connectivity index (χ1) is 7.17. The summed E-state index contributed by atoms with van der Waals surface area (Å²) >= 11 is 0. The highest BCUT2D eigenvalue weighted by atomic mass is 16.6. The van der Waals surface area contributed by atoms with Gasteiger partial charge in [-0.2, -0.15) is 0 Å². The standard InChI is InChI=1S/C11H19NO4/c1-10(2,3)16-9(15)12-7-5-6-11(12,4)8(13)14/h5-7H2,1-4H3,(H,13,14). The molecule has 5 nitrogen and oxygen atoms in total. The Labute approximate surface area is 95.4 Å². The maximum Gasteiger partial charge on any atom is 0.411 e. The summed E-state index contributed by atoms with van der Waals surface area (Å²) in [5, 5.41) is 9.14. The van der Waals surface area contributed by atoms with Crippen molar-refractivity contribution in [3.8, 4) is 0 Å². The Bertz CT molecular complexity index is 308. The molecule has 92 valence electrons. The third kappa shape index (κ3) is 2.46. The SMILES string of the molecule is CC(C)(C)OC(=O)N1CCCC1(C)C(=O)O. The molecule has 1 amide bonds. The number of nitrogens with zero attached hydrogens (tertiary/aromatic N) is 1. The molecule has 1 aliphatic rings. The van der Waals surface area contributed by atoms with E-state index in [-0.39, 0.29) is 0 Å². The van der Waals surface area contributed by atoms with Crippen LogP contribution < -0.4 is 0 Å². The van der Waals surface area contributed by atoms with Crippen molar-refractivity contribution in [2.24, 2.45) is 0 Å². The van der Waals surface area contributed by atoms with Gasteiger partial charge in [-0.1, -0.05) is 0 Å². The normalized spacial score (nSPS) is 25.6. The van der Waals surface area contributed by atoms with Gasteiger partial charge < -0.3 is 9.84 Å². The van der Waals surface area contributed by atoms with Gasteiger partial charge in [-0.3, -0.25) is 4.90 Å². The lowest BCUT2D eigenvalue weighted by atomic mass is 10.00. The topological polar surface area (TPSA) is 66.8 Å². The summed E-state index contributed by atoms with van der Waals surface area (Å²) in [5.41, 5.74) is -1.72. The molecule has 0 bridgehead atoms. The quantitative estimate of drug-likeness (QED) is 0.745. The van der Waals surface area contributed by atoms with E-state index in [2.05, 4.69) is 0 Å². The molecule has 1 aliphatic heterocycles. The number of amides is 1. The molecule has 1 heterocycles. The van der Waals surface area contributed by atoms with E-state index >= 15 is 0 Å². The van der Waals surface area contributed by atoms with E-state index < -0.39 is 23.2 Å². The minimum Gasteiger partial charge on any atom is -0.480 e. The smallest absolute Gasteiger partial charge is 0.411 e. The van der Waals surface area contributed by atoms with Gasteiger partial charge in [-0.15, -0.1) is 0 Å². The fourth-order valence-electron chi connectivity index (χ4n) is 1.80. The minimum atomic E-state index is -1.12. The molecule has 0 spiro atoms. The molecule has 1 N–H and O–H groups in total. The molecular formula is C11H19NO4. The monoisotopic (exact) mass is 229 g/mol. The second-order valence-electron chi connectivity index (χ2n) is 5.31. The molecule has 1 saturated heterocycles.